The van der Waals surface area contributed by atoms with Crippen LogP contribution in [0, 0.1) is 0 Å². The summed E-state index contributed by atoms with van der Waals surface area (Å²) in [5, 5.41) is 7.63. The van der Waals surface area contributed by atoms with Gasteiger partial charge in [-0.2, -0.15) is 0 Å². The Morgan fingerprint density at radius 1 is 1.44 bits per heavy atom. The van der Waals surface area contributed by atoms with Gasteiger partial charge in [-0.1, -0.05) is 23.7 Å². The molecule has 0 spiro atoms. The van der Waals surface area contributed by atoms with E-state index in [1.54, 1.807) is 11.3 Å². The second-order valence-corrected chi connectivity index (χ2v) is 6.00. The number of aromatic nitrogens is 1. The normalized spacial score (nSPS) is 19.3. The second-order valence-electron chi connectivity index (χ2n) is 4.62. The van der Waals surface area contributed by atoms with Crippen LogP contribution < -0.4 is 5.32 Å². The third kappa shape index (κ3) is 2.74. The highest BCUT2D eigenvalue weighted by Crippen LogP contribution is 2.25. The number of hydrogen-bond donors (Lipinski definition) is 1. The summed E-state index contributed by atoms with van der Waals surface area (Å²) >= 11 is 7.74. The highest BCUT2D eigenvalue weighted by atomic mass is 35.5. The summed E-state index contributed by atoms with van der Waals surface area (Å²) < 4.78 is 0. The van der Waals surface area contributed by atoms with Crippen molar-refractivity contribution in [1.82, 2.24) is 10.3 Å². The number of halogens is 1. The van der Waals surface area contributed by atoms with Gasteiger partial charge >= 0.3 is 0 Å². The van der Waals surface area contributed by atoms with Gasteiger partial charge in [0, 0.05) is 16.8 Å². The Bertz CT molecular complexity index is 532. The minimum Gasteiger partial charge on any atom is -0.309 e. The van der Waals surface area contributed by atoms with E-state index in [2.05, 4.69) is 16.8 Å². The smallest absolute Gasteiger partial charge is 0.0972 e. The van der Waals surface area contributed by atoms with Crippen LogP contribution >= 0.6 is 22.9 Å². The van der Waals surface area contributed by atoms with Crippen molar-refractivity contribution < 1.29 is 0 Å². The van der Waals surface area contributed by atoms with Crippen molar-refractivity contribution in [2.75, 3.05) is 6.54 Å². The average Bonchev–Trinajstić information content (AvgIpc) is 2.98. The molecule has 1 aromatic carbocycles. The van der Waals surface area contributed by atoms with Crippen LogP contribution in [-0.4, -0.2) is 11.5 Å². The first-order chi connectivity index (χ1) is 8.81. The Hall–Kier alpha value is -0.900. The van der Waals surface area contributed by atoms with E-state index < -0.39 is 0 Å². The first kappa shape index (κ1) is 12.2. The minimum absolute atomic E-state index is 0.467. The topological polar surface area (TPSA) is 24.9 Å². The number of thiazole rings is 1. The number of rotatable bonds is 3. The van der Waals surface area contributed by atoms with Gasteiger partial charge in [0.25, 0.3) is 0 Å². The first-order valence-corrected chi connectivity index (χ1v) is 7.49. The molecule has 1 aromatic heterocycles. The van der Waals surface area contributed by atoms with Crippen LogP contribution in [0.1, 0.15) is 35.1 Å². The molecule has 2 nitrogen and oxygen atoms in total. The van der Waals surface area contributed by atoms with Crippen molar-refractivity contribution in [2.45, 2.75) is 25.3 Å². The molecule has 1 saturated heterocycles. The van der Waals surface area contributed by atoms with E-state index in [-0.39, 0.29) is 0 Å². The largest absolute Gasteiger partial charge is 0.309 e. The quantitative estimate of drug-likeness (QED) is 0.923. The number of nitrogens with zero attached hydrogens (tertiary/aromatic N) is 1. The molecule has 0 amide bonds. The third-order valence-electron chi connectivity index (χ3n) is 3.23. The van der Waals surface area contributed by atoms with Gasteiger partial charge in [-0.3, -0.25) is 0 Å². The molecule has 18 heavy (non-hydrogen) atoms. The number of hydrogen-bond acceptors (Lipinski definition) is 3. The molecular weight excluding hydrogens is 264 g/mol. The van der Waals surface area contributed by atoms with Gasteiger partial charge in [-0.25, -0.2) is 4.98 Å². The SMILES string of the molecule is Clc1cccc(Cc2nc([C@@H]3CCCN3)cs2)c1. The van der Waals surface area contributed by atoms with Crippen molar-refractivity contribution in [3.63, 3.8) is 0 Å². The first-order valence-electron chi connectivity index (χ1n) is 6.23. The van der Waals surface area contributed by atoms with Crippen LogP contribution in [0.15, 0.2) is 29.6 Å². The van der Waals surface area contributed by atoms with Crippen LogP contribution in [0.5, 0.6) is 0 Å². The van der Waals surface area contributed by atoms with Gasteiger partial charge < -0.3 is 5.32 Å². The summed E-state index contributed by atoms with van der Waals surface area (Å²) in [5.41, 5.74) is 2.43. The Labute approximate surface area is 116 Å². The monoisotopic (exact) mass is 278 g/mol. The van der Waals surface area contributed by atoms with E-state index in [1.807, 2.05) is 18.2 Å². The van der Waals surface area contributed by atoms with Crippen LogP contribution in [0.4, 0.5) is 0 Å². The van der Waals surface area contributed by atoms with Crippen molar-refractivity contribution in [3.05, 3.63) is 50.9 Å². The van der Waals surface area contributed by atoms with Crippen molar-refractivity contribution in [3.8, 4) is 0 Å². The summed E-state index contributed by atoms with van der Waals surface area (Å²) in [6.45, 7) is 1.12. The fourth-order valence-corrected chi connectivity index (χ4v) is 3.42. The van der Waals surface area contributed by atoms with Gasteiger partial charge in [0.2, 0.25) is 0 Å². The predicted molar refractivity (Wildman–Crippen MR) is 76.3 cm³/mol. The highest BCUT2D eigenvalue weighted by molar-refractivity contribution is 7.09. The van der Waals surface area contributed by atoms with Crippen LogP contribution in [0.3, 0.4) is 0 Å². The molecule has 2 aromatic rings. The molecular formula is C14H15ClN2S. The molecule has 1 aliphatic rings. The molecule has 94 valence electrons. The summed E-state index contributed by atoms with van der Waals surface area (Å²) in [7, 11) is 0. The zero-order valence-electron chi connectivity index (χ0n) is 10.0. The molecule has 0 unspecified atom stereocenters. The summed E-state index contributed by atoms with van der Waals surface area (Å²) in [6.07, 6.45) is 3.34. The molecule has 1 aliphatic heterocycles. The standard InChI is InChI=1S/C14H15ClN2S/c15-11-4-1-3-10(7-11)8-14-17-13(9-18-14)12-5-2-6-16-12/h1,3-4,7,9,12,16H,2,5-6,8H2/t12-/m0/s1. The van der Waals surface area contributed by atoms with Gasteiger partial charge in [0.1, 0.15) is 0 Å². The maximum absolute atomic E-state index is 5.99. The average molecular weight is 279 g/mol. The number of benzene rings is 1. The van der Waals surface area contributed by atoms with E-state index in [0.717, 1.165) is 18.0 Å². The maximum Gasteiger partial charge on any atom is 0.0972 e. The Morgan fingerprint density at radius 3 is 3.17 bits per heavy atom. The molecule has 0 radical (unpaired) electrons. The zero-order chi connectivity index (χ0) is 12.4. The molecule has 1 fully saturated rings. The van der Waals surface area contributed by atoms with Gasteiger partial charge in [-0.05, 0) is 37.1 Å². The highest BCUT2D eigenvalue weighted by Gasteiger charge is 2.18. The lowest BCUT2D eigenvalue weighted by atomic mass is 10.1. The fraction of sp³-hybridized carbons (Fsp3) is 0.357. The lowest BCUT2D eigenvalue weighted by Crippen LogP contribution is -2.13. The molecule has 4 heteroatoms. The summed E-state index contributed by atoms with van der Waals surface area (Å²) in [5.74, 6) is 0. The summed E-state index contributed by atoms with van der Waals surface area (Å²) in [4.78, 5) is 4.73. The van der Waals surface area contributed by atoms with Gasteiger partial charge in [0.15, 0.2) is 0 Å². The van der Waals surface area contributed by atoms with Crippen molar-refractivity contribution in [1.29, 1.82) is 0 Å². The summed E-state index contributed by atoms with van der Waals surface area (Å²) in [6, 6.07) is 8.47. The number of nitrogens with one attached hydrogen (secondary N) is 1. The molecule has 0 bridgehead atoms. The molecule has 1 atom stereocenters. The van der Waals surface area contributed by atoms with E-state index in [9.17, 15) is 0 Å². The second kappa shape index (κ2) is 5.39. The van der Waals surface area contributed by atoms with Crippen LogP contribution in [-0.2, 0) is 6.42 Å². The van der Waals surface area contributed by atoms with Crippen LogP contribution in [0.25, 0.3) is 0 Å². The van der Waals surface area contributed by atoms with E-state index in [1.165, 1.54) is 29.1 Å². The van der Waals surface area contributed by atoms with Gasteiger partial charge in [0.05, 0.1) is 16.7 Å². The molecule has 2 heterocycles. The Morgan fingerprint density at radius 2 is 2.39 bits per heavy atom. The van der Waals surface area contributed by atoms with E-state index >= 15 is 0 Å². The Kier molecular flexibility index (Phi) is 3.64. The predicted octanol–water partition coefficient (Wildman–Crippen LogP) is 3.81. The maximum atomic E-state index is 5.99. The molecule has 0 aliphatic carbocycles. The van der Waals surface area contributed by atoms with E-state index in [0.29, 0.717) is 6.04 Å². The molecule has 0 saturated carbocycles. The zero-order valence-corrected chi connectivity index (χ0v) is 11.6. The van der Waals surface area contributed by atoms with Crippen molar-refractivity contribution in [2.24, 2.45) is 0 Å². The van der Waals surface area contributed by atoms with Gasteiger partial charge in [-0.15, -0.1) is 11.3 Å². The van der Waals surface area contributed by atoms with Crippen LogP contribution in [0.2, 0.25) is 5.02 Å². The lowest BCUT2D eigenvalue weighted by Gasteiger charge is -2.05. The Balaban J connectivity index is 1.73. The molecule has 1 N–H and O–H groups in total. The van der Waals surface area contributed by atoms with E-state index in [4.69, 9.17) is 16.6 Å². The third-order valence-corrected chi connectivity index (χ3v) is 4.33. The fourth-order valence-electron chi connectivity index (χ4n) is 2.32. The molecule has 3 rings (SSSR count). The lowest BCUT2D eigenvalue weighted by molar-refractivity contribution is 0.630. The minimum atomic E-state index is 0.467. The van der Waals surface area contributed by atoms with Crippen molar-refractivity contribution >= 4 is 22.9 Å².